The van der Waals surface area contributed by atoms with Crippen molar-refractivity contribution in [2.24, 2.45) is 5.73 Å². The van der Waals surface area contributed by atoms with E-state index in [1.165, 1.54) is 6.26 Å². The van der Waals surface area contributed by atoms with Crippen LogP contribution in [-0.4, -0.2) is 27.0 Å². The zero-order valence-electron chi connectivity index (χ0n) is 10.8. The summed E-state index contributed by atoms with van der Waals surface area (Å²) in [6, 6.07) is 11.7. The zero-order valence-corrected chi connectivity index (χ0v) is 11.6. The molecule has 0 unspecified atom stereocenters. The van der Waals surface area contributed by atoms with Crippen molar-refractivity contribution in [2.45, 2.75) is 6.54 Å². The molecule has 5 heteroatoms. The number of benzene rings is 2. The third kappa shape index (κ3) is 3.45. The largest absolute Gasteiger partial charge is 0.492 e. The summed E-state index contributed by atoms with van der Waals surface area (Å²) in [4.78, 5) is 0. The molecule has 0 heterocycles. The van der Waals surface area contributed by atoms with Gasteiger partial charge in [-0.2, -0.15) is 0 Å². The lowest BCUT2D eigenvalue weighted by atomic mass is 10.0. The van der Waals surface area contributed by atoms with E-state index >= 15 is 0 Å². The first kappa shape index (κ1) is 13.8. The molecule has 0 bridgehead atoms. The van der Waals surface area contributed by atoms with E-state index in [1.807, 2.05) is 36.4 Å². The van der Waals surface area contributed by atoms with Gasteiger partial charge in [-0.15, -0.1) is 0 Å². The van der Waals surface area contributed by atoms with Crippen LogP contribution in [0.25, 0.3) is 10.8 Å². The molecule has 102 valence electrons. The smallest absolute Gasteiger partial charge is 0.150 e. The van der Waals surface area contributed by atoms with E-state index < -0.39 is 9.84 Å². The van der Waals surface area contributed by atoms with Gasteiger partial charge in [0.2, 0.25) is 0 Å². The minimum atomic E-state index is -3.01. The summed E-state index contributed by atoms with van der Waals surface area (Å²) in [5.74, 6) is 0.661. The molecule has 2 aromatic carbocycles. The maximum Gasteiger partial charge on any atom is 0.150 e. The van der Waals surface area contributed by atoms with Crippen LogP contribution in [0, 0.1) is 0 Å². The topological polar surface area (TPSA) is 69.4 Å². The maximum atomic E-state index is 11.1. The lowest BCUT2D eigenvalue weighted by Gasteiger charge is -2.12. The van der Waals surface area contributed by atoms with Gasteiger partial charge in [-0.25, -0.2) is 8.42 Å². The van der Waals surface area contributed by atoms with Crippen molar-refractivity contribution in [2.75, 3.05) is 18.6 Å². The molecule has 0 fully saturated rings. The first-order chi connectivity index (χ1) is 9.01. The highest BCUT2D eigenvalue weighted by Crippen LogP contribution is 2.27. The van der Waals surface area contributed by atoms with Crippen LogP contribution in [0.3, 0.4) is 0 Å². The normalized spacial score (nSPS) is 11.7. The minimum Gasteiger partial charge on any atom is -0.492 e. The lowest BCUT2D eigenvalue weighted by molar-refractivity contribution is 0.338. The van der Waals surface area contributed by atoms with Gasteiger partial charge in [0.25, 0.3) is 0 Å². The van der Waals surface area contributed by atoms with Crippen LogP contribution in [0.1, 0.15) is 5.56 Å². The molecule has 0 aliphatic heterocycles. The van der Waals surface area contributed by atoms with Gasteiger partial charge in [-0.05, 0) is 16.8 Å². The fourth-order valence-corrected chi connectivity index (χ4v) is 2.35. The number of nitrogens with two attached hydrogens (primary N) is 1. The molecule has 0 saturated carbocycles. The van der Waals surface area contributed by atoms with Gasteiger partial charge in [0.15, 0.2) is 9.84 Å². The SMILES string of the molecule is CS(=O)(=O)CCOc1ccc2ccccc2c1CN. The molecule has 0 saturated heterocycles. The molecular weight excluding hydrogens is 262 g/mol. The summed E-state index contributed by atoms with van der Waals surface area (Å²) in [5.41, 5.74) is 6.68. The molecular formula is C14H17NO3S. The van der Waals surface area contributed by atoms with E-state index in [-0.39, 0.29) is 12.4 Å². The van der Waals surface area contributed by atoms with Gasteiger partial charge in [0.05, 0.1) is 5.75 Å². The van der Waals surface area contributed by atoms with Crippen LogP contribution in [0.5, 0.6) is 5.75 Å². The predicted octanol–water partition coefficient (Wildman–Crippen LogP) is 1.72. The highest BCUT2D eigenvalue weighted by Gasteiger charge is 2.08. The molecule has 0 spiro atoms. The van der Waals surface area contributed by atoms with E-state index in [0.29, 0.717) is 12.3 Å². The summed E-state index contributed by atoms with van der Waals surface area (Å²) in [5, 5.41) is 2.14. The van der Waals surface area contributed by atoms with Crippen LogP contribution >= 0.6 is 0 Å². The second kappa shape index (κ2) is 5.59. The van der Waals surface area contributed by atoms with Crippen molar-refractivity contribution in [3.05, 3.63) is 42.0 Å². The van der Waals surface area contributed by atoms with Crippen molar-refractivity contribution in [3.8, 4) is 5.75 Å². The number of rotatable bonds is 5. The van der Waals surface area contributed by atoms with E-state index in [9.17, 15) is 8.42 Å². The first-order valence-corrected chi connectivity index (χ1v) is 8.08. The number of hydrogen-bond acceptors (Lipinski definition) is 4. The molecule has 2 aromatic rings. The maximum absolute atomic E-state index is 11.1. The Bertz CT molecular complexity index is 680. The average Bonchev–Trinajstić information content (AvgIpc) is 2.37. The van der Waals surface area contributed by atoms with Crippen molar-refractivity contribution in [1.82, 2.24) is 0 Å². The monoisotopic (exact) mass is 279 g/mol. The summed E-state index contributed by atoms with van der Waals surface area (Å²) >= 11 is 0. The zero-order chi connectivity index (χ0) is 13.9. The summed E-state index contributed by atoms with van der Waals surface area (Å²) < 4.78 is 27.7. The third-order valence-electron chi connectivity index (χ3n) is 2.91. The molecule has 19 heavy (non-hydrogen) atoms. The number of hydrogen-bond donors (Lipinski definition) is 1. The Balaban J connectivity index is 2.28. The third-order valence-corrected chi connectivity index (χ3v) is 3.82. The highest BCUT2D eigenvalue weighted by molar-refractivity contribution is 7.90. The Labute approximate surface area is 113 Å². The molecule has 0 amide bonds. The average molecular weight is 279 g/mol. The second-order valence-corrected chi connectivity index (χ2v) is 6.71. The van der Waals surface area contributed by atoms with Gasteiger partial charge in [-0.1, -0.05) is 30.3 Å². The molecule has 0 aliphatic rings. The van der Waals surface area contributed by atoms with Crippen molar-refractivity contribution >= 4 is 20.6 Å². The minimum absolute atomic E-state index is 0.00381. The standard InChI is InChI=1S/C14H17NO3S/c1-19(16,17)9-8-18-14-7-6-11-4-2-3-5-12(11)13(14)10-15/h2-7H,8-10,15H2,1H3. The molecule has 0 atom stereocenters. The van der Waals surface area contributed by atoms with Crippen LogP contribution in [0.4, 0.5) is 0 Å². The Morgan fingerprint density at radius 3 is 2.58 bits per heavy atom. The van der Waals surface area contributed by atoms with Gasteiger partial charge >= 0.3 is 0 Å². The Morgan fingerprint density at radius 1 is 1.16 bits per heavy atom. The van der Waals surface area contributed by atoms with E-state index in [2.05, 4.69) is 0 Å². The fraction of sp³-hybridized carbons (Fsp3) is 0.286. The van der Waals surface area contributed by atoms with Gasteiger partial charge < -0.3 is 10.5 Å². The summed E-state index contributed by atoms with van der Waals surface area (Å²) in [7, 11) is -3.01. The summed E-state index contributed by atoms with van der Waals surface area (Å²) in [6.45, 7) is 0.500. The first-order valence-electron chi connectivity index (χ1n) is 6.02. The molecule has 2 N–H and O–H groups in total. The lowest BCUT2D eigenvalue weighted by Crippen LogP contribution is -2.13. The number of fused-ring (bicyclic) bond motifs is 1. The van der Waals surface area contributed by atoms with Crippen LogP contribution in [-0.2, 0) is 16.4 Å². The number of sulfone groups is 1. The predicted molar refractivity (Wildman–Crippen MR) is 77.0 cm³/mol. The van der Waals surface area contributed by atoms with Crippen molar-refractivity contribution < 1.29 is 13.2 Å². The van der Waals surface area contributed by atoms with Gasteiger partial charge in [0, 0.05) is 18.4 Å². The van der Waals surface area contributed by atoms with E-state index in [4.69, 9.17) is 10.5 Å². The van der Waals surface area contributed by atoms with Crippen LogP contribution in [0.2, 0.25) is 0 Å². The summed E-state index contributed by atoms with van der Waals surface area (Å²) in [6.07, 6.45) is 1.20. The number of ether oxygens (including phenoxy) is 1. The van der Waals surface area contributed by atoms with Gasteiger partial charge in [0.1, 0.15) is 12.4 Å². The second-order valence-electron chi connectivity index (χ2n) is 4.45. The molecule has 0 aliphatic carbocycles. The van der Waals surface area contributed by atoms with Crippen molar-refractivity contribution in [1.29, 1.82) is 0 Å². The Kier molecular flexibility index (Phi) is 4.07. The molecule has 4 nitrogen and oxygen atoms in total. The highest BCUT2D eigenvalue weighted by atomic mass is 32.2. The quantitative estimate of drug-likeness (QED) is 0.904. The van der Waals surface area contributed by atoms with Crippen LogP contribution < -0.4 is 10.5 Å². The Hall–Kier alpha value is -1.59. The van der Waals surface area contributed by atoms with Crippen molar-refractivity contribution in [3.63, 3.8) is 0 Å². The van der Waals surface area contributed by atoms with Crippen LogP contribution in [0.15, 0.2) is 36.4 Å². The molecule has 0 aromatic heterocycles. The fourth-order valence-electron chi connectivity index (χ4n) is 1.96. The molecule has 2 rings (SSSR count). The molecule has 0 radical (unpaired) electrons. The van der Waals surface area contributed by atoms with Gasteiger partial charge in [-0.3, -0.25) is 0 Å². The van der Waals surface area contributed by atoms with E-state index in [1.54, 1.807) is 0 Å². The van der Waals surface area contributed by atoms with E-state index in [0.717, 1.165) is 16.3 Å². The Morgan fingerprint density at radius 2 is 1.89 bits per heavy atom.